The van der Waals surface area contributed by atoms with E-state index < -0.39 is 0 Å². The Morgan fingerprint density at radius 1 is 1.20 bits per heavy atom. The molecule has 3 nitrogen and oxygen atoms in total. The van der Waals surface area contributed by atoms with Crippen molar-refractivity contribution in [2.45, 2.75) is 20.4 Å². The second-order valence-corrected chi connectivity index (χ2v) is 5.23. The summed E-state index contributed by atoms with van der Waals surface area (Å²) in [6.07, 6.45) is 1.77. The van der Waals surface area contributed by atoms with Gasteiger partial charge in [0.15, 0.2) is 5.78 Å². The van der Waals surface area contributed by atoms with Gasteiger partial charge in [-0.05, 0) is 44.7 Å². The summed E-state index contributed by atoms with van der Waals surface area (Å²) in [6.45, 7) is 5.07. The molecule has 2 aromatic rings. The minimum atomic E-state index is 0.157. The number of hydrogen-bond acceptors (Lipinski definition) is 3. The van der Waals surface area contributed by atoms with Crippen molar-refractivity contribution >= 4 is 5.78 Å². The molecule has 0 aliphatic heterocycles. The van der Waals surface area contributed by atoms with Crippen LogP contribution in [0.1, 0.15) is 27.2 Å². The fourth-order valence-electron chi connectivity index (χ4n) is 2.19. The van der Waals surface area contributed by atoms with Gasteiger partial charge in [0.1, 0.15) is 0 Å². The van der Waals surface area contributed by atoms with Gasteiger partial charge in [0.25, 0.3) is 0 Å². The number of hydrogen-bond donors (Lipinski definition) is 0. The van der Waals surface area contributed by atoms with Gasteiger partial charge in [-0.2, -0.15) is 0 Å². The minimum absolute atomic E-state index is 0.157. The smallest absolute Gasteiger partial charge is 0.177 e. The van der Waals surface area contributed by atoms with Crippen LogP contribution >= 0.6 is 0 Å². The van der Waals surface area contributed by atoms with Crippen LogP contribution in [0.15, 0.2) is 42.6 Å². The van der Waals surface area contributed by atoms with Crippen LogP contribution in [0.25, 0.3) is 0 Å². The lowest BCUT2D eigenvalue weighted by molar-refractivity contribution is 0.0942. The Hall–Kier alpha value is -2.00. The van der Waals surface area contributed by atoms with Crippen molar-refractivity contribution < 1.29 is 4.79 Å². The molecule has 3 heteroatoms. The summed E-state index contributed by atoms with van der Waals surface area (Å²) in [5, 5.41) is 0. The molecule has 1 aromatic heterocycles. The molecule has 0 aliphatic carbocycles. The number of ketones is 1. The molecule has 2 rings (SSSR count). The fraction of sp³-hybridized carbons (Fsp3) is 0.294. The van der Waals surface area contributed by atoms with Crippen molar-refractivity contribution in [3.05, 3.63) is 65.0 Å². The van der Waals surface area contributed by atoms with Gasteiger partial charge < -0.3 is 0 Å². The molecule has 104 valence electrons. The monoisotopic (exact) mass is 268 g/mol. The molecule has 0 saturated carbocycles. The number of likely N-dealkylation sites (N-methyl/N-ethyl adjacent to an activating group) is 1. The first-order valence-electron chi connectivity index (χ1n) is 6.75. The fourth-order valence-corrected chi connectivity index (χ4v) is 2.19. The van der Waals surface area contributed by atoms with Crippen LogP contribution in [0.3, 0.4) is 0 Å². The Kier molecular flexibility index (Phi) is 4.64. The summed E-state index contributed by atoms with van der Waals surface area (Å²) in [6, 6.07) is 11.8. The average molecular weight is 268 g/mol. The van der Waals surface area contributed by atoms with Crippen molar-refractivity contribution in [3.63, 3.8) is 0 Å². The molecule has 0 N–H and O–H groups in total. The van der Waals surface area contributed by atoms with Gasteiger partial charge in [-0.15, -0.1) is 0 Å². The van der Waals surface area contributed by atoms with E-state index in [0.29, 0.717) is 13.1 Å². The van der Waals surface area contributed by atoms with Crippen molar-refractivity contribution in [3.8, 4) is 0 Å². The first kappa shape index (κ1) is 14.4. The van der Waals surface area contributed by atoms with Crippen molar-refractivity contribution in [1.29, 1.82) is 0 Å². The topological polar surface area (TPSA) is 33.2 Å². The van der Waals surface area contributed by atoms with Crippen LogP contribution in [0.2, 0.25) is 0 Å². The summed E-state index contributed by atoms with van der Waals surface area (Å²) >= 11 is 0. The summed E-state index contributed by atoms with van der Waals surface area (Å²) in [7, 11) is 1.94. The van der Waals surface area contributed by atoms with Crippen LogP contribution in [0.5, 0.6) is 0 Å². The Morgan fingerprint density at radius 3 is 2.70 bits per heavy atom. The Labute approximate surface area is 120 Å². The number of Topliss-reactive ketones (excluding diaryl/α,β-unsaturated/α-hetero) is 1. The van der Waals surface area contributed by atoms with Crippen LogP contribution < -0.4 is 0 Å². The number of aryl methyl sites for hydroxylation is 2. The summed E-state index contributed by atoms with van der Waals surface area (Å²) in [5.74, 6) is 0.157. The van der Waals surface area contributed by atoms with Gasteiger partial charge in [-0.25, -0.2) is 0 Å². The molecule has 0 unspecified atom stereocenters. The molecule has 0 amide bonds. The number of carbonyl (C=O) groups excluding carboxylic acids is 1. The quantitative estimate of drug-likeness (QED) is 0.782. The molecule has 20 heavy (non-hydrogen) atoms. The highest BCUT2D eigenvalue weighted by molar-refractivity contribution is 5.99. The molecule has 0 bridgehead atoms. The highest BCUT2D eigenvalue weighted by Crippen LogP contribution is 2.12. The maximum absolute atomic E-state index is 12.4. The third kappa shape index (κ3) is 3.75. The molecular formula is C17H20N2O. The van der Waals surface area contributed by atoms with E-state index in [1.165, 1.54) is 0 Å². The predicted octanol–water partition coefficient (Wildman–Crippen LogP) is 3.01. The zero-order valence-corrected chi connectivity index (χ0v) is 12.3. The Balaban J connectivity index is 2.02. The van der Waals surface area contributed by atoms with Crippen molar-refractivity contribution in [2.24, 2.45) is 0 Å². The van der Waals surface area contributed by atoms with Crippen LogP contribution in [0.4, 0.5) is 0 Å². The van der Waals surface area contributed by atoms with Crippen LogP contribution in [-0.2, 0) is 6.54 Å². The third-order valence-corrected chi connectivity index (χ3v) is 3.27. The van der Waals surface area contributed by atoms with Gasteiger partial charge >= 0.3 is 0 Å². The maximum Gasteiger partial charge on any atom is 0.177 e. The first-order chi connectivity index (χ1) is 9.56. The van der Waals surface area contributed by atoms with Gasteiger partial charge in [-0.1, -0.05) is 23.8 Å². The standard InChI is InChI=1S/C17H20N2O/c1-13-7-8-14(2)16(10-13)17(20)12-19(3)11-15-6-4-5-9-18-15/h4-10H,11-12H2,1-3H3. The normalized spacial score (nSPS) is 10.8. The number of pyridine rings is 1. The Bertz CT molecular complexity index is 593. The average Bonchev–Trinajstić information content (AvgIpc) is 2.42. The molecule has 1 aromatic carbocycles. The summed E-state index contributed by atoms with van der Waals surface area (Å²) in [4.78, 5) is 18.6. The molecular weight excluding hydrogens is 248 g/mol. The maximum atomic E-state index is 12.4. The molecule has 0 spiro atoms. The minimum Gasteiger partial charge on any atom is -0.293 e. The number of nitrogens with zero attached hydrogens (tertiary/aromatic N) is 2. The van der Waals surface area contributed by atoms with E-state index in [1.807, 2.05) is 62.2 Å². The van der Waals surface area contributed by atoms with Gasteiger partial charge in [-0.3, -0.25) is 14.7 Å². The molecule has 1 heterocycles. The summed E-state index contributed by atoms with van der Waals surface area (Å²) in [5.41, 5.74) is 3.94. The highest BCUT2D eigenvalue weighted by Gasteiger charge is 2.12. The van der Waals surface area contributed by atoms with E-state index in [9.17, 15) is 4.79 Å². The zero-order valence-electron chi connectivity index (χ0n) is 12.3. The largest absolute Gasteiger partial charge is 0.293 e. The SMILES string of the molecule is Cc1ccc(C)c(C(=O)CN(C)Cc2ccccn2)c1. The lowest BCUT2D eigenvalue weighted by Gasteiger charge is -2.16. The van der Waals surface area contributed by atoms with E-state index in [2.05, 4.69) is 4.98 Å². The van der Waals surface area contributed by atoms with E-state index >= 15 is 0 Å². The van der Waals surface area contributed by atoms with Gasteiger partial charge in [0, 0.05) is 18.3 Å². The predicted molar refractivity (Wildman–Crippen MR) is 80.8 cm³/mol. The second-order valence-electron chi connectivity index (χ2n) is 5.23. The number of carbonyl (C=O) groups is 1. The van der Waals surface area contributed by atoms with Crippen LogP contribution in [0, 0.1) is 13.8 Å². The van der Waals surface area contributed by atoms with E-state index in [-0.39, 0.29) is 5.78 Å². The van der Waals surface area contributed by atoms with Gasteiger partial charge in [0.2, 0.25) is 0 Å². The lowest BCUT2D eigenvalue weighted by Crippen LogP contribution is -2.26. The van der Waals surface area contributed by atoms with E-state index in [4.69, 9.17) is 0 Å². The van der Waals surface area contributed by atoms with E-state index in [0.717, 1.165) is 22.4 Å². The molecule has 0 radical (unpaired) electrons. The van der Waals surface area contributed by atoms with Crippen LogP contribution in [-0.4, -0.2) is 29.3 Å². The first-order valence-corrected chi connectivity index (χ1v) is 6.75. The molecule has 0 fully saturated rings. The third-order valence-electron chi connectivity index (χ3n) is 3.27. The van der Waals surface area contributed by atoms with E-state index in [1.54, 1.807) is 6.20 Å². The lowest BCUT2D eigenvalue weighted by atomic mass is 10.0. The number of rotatable bonds is 5. The molecule has 0 saturated heterocycles. The molecule has 0 aliphatic rings. The highest BCUT2D eigenvalue weighted by atomic mass is 16.1. The van der Waals surface area contributed by atoms with Gasteiger partial charge in [0.05, 0.1) is 12.2 Å². The summed E-state index contributed by atoms with van der Waals surface area (Å²) < 4.78 is 0. The second kappa shape index (κ2) is 6.44. The number of aromatic nitrogens is 1. The molecule has 0 atom stereocenters. The van der Waals surface area contributed by atoms with Crippen molar-refractivity contribution in [1.82, 2.24) is 9.88 Å². The Morgan fingerprint density at radius 2 is 2.00 bits per heavy atom. The zero-order chi connectivity index (χ0) is 14.5. The van der Waals surface area contributed by atoms with Crippen molar-refractivity contribution in [2.75, 3.05) is 13.6 Å². The number of benzene rings is 1.